The molecule has 0 fully saturated rings. The Bertz CT molecular complexity index is 969. The van der Waals surface area contributed by atoms with Gasteiger partial charge in [-0.25, -0.2) is 5.01 Å². The van der Waals surface area contributed by atoms with Crippen LogP contribution < -0.4 is 4.74 Å². The van der Waals surface area contributed by atoms with Crippen molar-refractivity contribution < 1.29 is 4.74 Å². The van der Waals surface area contributed by atoms with Gasteiger partial charge >= 0.3 is 0 Å². The molecule has 3 nitrogen and oxygen atoms in total. The van der Waals surface area contributed by atoms with E-state index in [1.807, 2.05) is 24.3 Å². The fraction of sp³-hybridized carbons (Fsp3) is 0.136. The van der Waals surface area contributed by atoms with Gasteiger partial charge < -0.3 is 4.74 Å². The summed E-state index contributed by atoms with van der Waals surface area (Å²) >= 11 is 3.51. The maximum absolute atomic E-state index is 6.36. The number of para-hydroxylation sites is 1. The molecule has 0 spiro atoms. The van der Waals surface area contributed by atoms with Crippen LogP contribution in [0.4, 0.5) is 0 Å². The smallest absolute Gasteiger partial charge is 0.213 e. The highest BCUT2D eigenvalue weighted by Gasteiger charge is 2.40. The topological polar surface area (TPSA) is 24.8 Å². The highest BCUT2D eigenvalue weighted by atomic mass is 79.9. The summed E-state index contributed by atoms with van der Waals surface area (Å²) in [6.07, 6.45) is 0.668. The predicted molar refractivity (Wildman–Crippen MR) is 106 cm³/mol. The number of fused-ring (bicyclic) bond motifs is 3. The highest BCUT2D eigenvalue weighted by molar-refractivity contribution is 9.10. The number of hydrazone groups is 1. The Labute approximate surface area is 161 Å². The Morgan fingerprint density at radius 2 is 1.62 bits per heavy atom. The molecule has 0 N–H and O–H groups in total. The molecule has 0 unspecified atom stereocenters. The van der Waals surface area contributed by atoms with Gasteiger partial charge in [-0.1, -0.05) is 76.6 Å². The molecule has 0 bridgehead atoms. The predicted octanol–water partition coefficient (Wildman–Crippen LogP) is 5.69. The summed E-state index contributed by atoms with van der Waals surface area (Å²) in [5.41, 5.74) is 4.59. The Morgan fingerprint density at radius 1 is 0.885 bits per heavy atom. The lowest BCUT2D eigenvalue weighted by atomic mass is 9.96. The van der Waals surface area contributed by atoms with Crippen LogP contribution in [0.1, 0.15) is 35.4 Å². The second-order valence-corrected chi connectivity index (χ2v) is 7.49. The van der Waals surface area contributed by atoms with Crippen LogP contribution in [-0.4, -0.2) is 10.7 Å². The third-order valence-electron chi connectivity index (χ3n) is 4.96. The Morgan fingerprint density at radius 3 is 2.42 bits per heavy atom. The molecule has 0 radical (unpaired) electrons. The van der Waals surface area contributed by atoms with E-state index in [0.717, 1.165) is 27.9 Å². The van der Waals surface area contributed by atoms with Crippen LogP contribution in [0.3, 0.4) is 0 Å². The first-order chi connectivity index (χ1) is 12.8. The molecule has 128 valence electrons. The van der Waals surface area contributed by atoms with Gasteiger partial charge in [-0.05, 0) is 23.8 Å². The molecule has 3 aromatic carbocycles. The third kappa shape index (κ3) is 2.61. The van der Waals surface area contributed by atoms with Crippen molar-refractivity contribution in [1.29, 1.82) is 0 Å². The first-order valence-electron chi connectivity index (χ1n) is 8.72. The minimum Gasteiger partial charge on any atom is -0.464 e. The minimum atomic E-state index is -0.218. The van der Waals surface area contributed by atoms with Gasteiger partial charge in [0.05, 0.1) is 11.8 Å². The summed E-state index contributed by atoms with van der Waals surface area (Å²) in [5, 5.41) is 7.09. The summed E-state index contributed by atoms with van der Waals surface area (Å²) in [6.45, 7) is 0. The van der Waals surface area contributed by atoms with E-state index in [9.17, 15) is 0 Å². The zero-order chi connectivity index (χ0) is 17.5. The first-order valence-corrected chi connectivity index (χ1v) is 9.51. The summed E-state index contributed by atoms with van der Waals surface area (Å²) in [5.74, 6) is 0.950. The second kappa shape index (κ2) is 6.29. The van der Waals surface area contributed by atoms with Crippen molar-refractivity contribution >= 4 is 21.6 Å². The molecule has 0 saturated carbocycles. The van der Waals surface area contributed by atoms with Crippen LogP contribution in [0, 0.1) is 0 Å². The van der Waals surface area contributed by atoms with E-state index in [-0.39, 0.29) is 12.3 Å². The molecule has 0 aromatic heterocycles. The average Bonchev–Trinajstić information content (AvgIpc) is 3.14. The minimum absolute atomic E-state index is 0.198. The number of rotatable bonds is 2. The van der Waals surface area contributed by atoms with Crippen molar-refractivity contribution in [2.24, 2.45) is 5.10 Å². The van der Waals surface area contributed by atoms with Gasteiger partial charge in [0.1, 0.15) is 5.75 Å². The molecule has 2 atom stereocenters. The van der Waals surface area contributed by atoms with Crippen LogP contribution >= 0.6 is 15.9 Å². The van der Waals surface area contributed by atoms with Gasteiger partial charge in [0.2, 0.25) is 6.23 Å². The monoisotopic (exact) mass is 404 g/mol. The van der Waals surface area contributed by atoms with Crippen LogP contribution in [0.25, 0.3) is 0 Å². The number of nitrogens with zero attached hydrogens (tertiary/aromatic N) is 2. The van der Waals surface area contributed by atoms with E-state index in [1.165, 1.54) is 11.1 Å². The maximum atomic E-state index is 6.36. The Balaban J connectivity index is 1.60. The Hall–Kier alpha value is -2.59. The fourth-order valence-corrected chi connectivity index (χ4v) is 3.95. The van der Waals surface area contributed by atoms with Gasteiger partial charge in [0, 0.05) is 22.0 Å². The molecule has 2 heterocycles. The normalized spacial score (nSPS) is 20.8. The van der Waals surface area contributed by atoms with Crippen molar-refractivity contribution in [2.45, 2.75) is 18.7 Å². The average molecular weight is 405 g/mol. The van der Waals surface area contributed by atoms with Crippen molar-refractivity contribution in [3.8, 4) is 5.75 Å². The molecule has 0 amide bonds. The van der Waals surface area contributed by atoms with E-state index in [4.69, 9.17) is 9.84 Å². The lowest BCUT2D eigenvalue weighted by molar-refractivity contribution is -0.0190. The molecular formula is C22H17BrN2O. The number of benzene rings is 3. The number of halogens is 1. The quantitative estimate of drug-likeness (QED) is 0.547. The van der Waals surface area contributed by atoms with Crippen molar-refractivity contribution in [2.75, 3.05) is 0 Å². The van der Waals surface area contributed by atoms with Crippen molar-refractivity contribution in [3.05, 3.63) is 100 Å². The number of hydrogen-bond acceptors (Lipinski definition) is 3. The standard InChI is InChI=1S/C22H17BrN2O/c23-17-12-10-16(11-13-17)22-25-20(18-8-4-5-9-21(18)26-22)14-19(24-25)15-6-2-1-3-7-15/h1-13,20,22H,14H2/t20-,22+/m0/s1. The van der Waals surface area contributed by atoms with E-state index >= 15 is 0 Å². The molecular weight excluding hydrogens is 388 g/mol. The van der Waals surface area contributed by atoms with Crippen LogP contribution in [0.5, 0.6) is 5.75 Å². The molecule has 0 aliphatic carbocycles. The van der Waals surface area contributed by atoms with E-state index in [0.29, 0.717) is 0 Å². The zero-order valence-corrected chi connectivity index (χ0v) is 15.6. The van der Waals surface area contributed by atoms with Crippen molar-refractivity contribution in [3.63, 3.8) is 0 Å². The molecule has 26 heavy (non-hydrogen) atoms. The van der Waals surface area contributed by atoms with Gasteiger partial charge in [-0.15, -0.1) is 0 Å². The van der Waals surface area contributed by atoms with Crippen LogP contribution in [0.2, 0.25) is 0 Å². The molecule has 2 aliphatic heterocycles. The van der Waals surface area contributed by atoms with E-state index in [2.05, 4.69) is 75.5 Å². The SMILES string of the molecule is Brc1ccc([C@H]2Oc3ccccc3[C@@H]3CC(c4ccccc4)=NN23)cc1. The second-order valence-electron chi connectivity index (χ2n) is 6.57. The van der Waals surface area contributed by atoms with Crippen LogP contribution in [0.15, 0.2) is 88.4 Å². The lowest BCUT2D eigenvalue weighted by Gasteiger charge is -2.38. The van der Waals surface area contributed by atoms with Gasteiger partial charge in [0.25, 0.3) is 0 Å². The van der Waals surface area contributed by atoms with Gasteiger partial charge in [-0.2, -0.15) is 5.10 Å². The van der Waals surface area contributed by atoms with Gasteiger partial charge in [-0.3, -0.25) is 0 Å². The van der Waals surface area contributed by atoms with E-state index < -0.39 is 0 Å². The largest absolute Gasteiger partial charge is 0.464 e. The summed E-state index contributed by atoms with van der Waals surface area (Å²) in [6, 6.07) is 27.2. The first kappa shape index (κ1) is 15.6. The summed E-state index contributed by atoms with van der Waals surface area (Å²) in [7, 11) is 0. The maximum Gasteiger partial charge on any atom is 0.213 e. The molecule has 2 aliphatic rings. The molecule has 5 rings (SSSR count). The fourth-order valence-electron chi connectivity index (χ4n) is 3.69. The number of hydrogen-bond donors (Lipinski definition) is 0. The van der Waals surface area contributed by atoms with Crippen LogP contribution in [-0.2, 0) is 0 Å². The lowest BCUT2D eigenvalue weighted by Crippen LogP contribution is -2.33. The van der Waals surface area contributed by atoms with E-state index in [1.54, 1.807) is 0 Å². The molecule has 3 aromatic rings. The zero-order valence-electron chi connectivity index (χ0n) is 14.0. The Kier molecular flexibility index (Phi) is 3.79. The number of ether oxygens (including phenoxy) is 1. The highest BCUT2D eigenvalue weighted by Crippen LogP contribution is 2.47. The molecule has 4 heteroatoms. The van der Waals surface area contributed by atoms with Crippen molar-refractivity contribution in [1.82, 2.24) is 5.01 Å². The third-order valence-corrected chi connectivity index (χ3v) is 5.49. The summed E-state index contributed by atoms with van der Waals surface area (Å²) < 4.78 is 7.42. The summed E-state index contributed by atoms with van der Waals surface area (Å²) in [4.78, 5) is 0. The molecule has 0 saturated heterocycles. The van der Waals surface area contributed by atoms with Gasteiger partial charge in [0.15, 0.2) is 0 Å².